The van der Waals surface area contributed by atoms with Crippen LogP contribution in [0.15, 0.2) is 24.3 Å². The summed E-state index contributed by atoms with van der Waals surface area (Å²) in [5.41, 5.74) is 2.66. The van der Waals surface area contributed by atoms with Gasteiger partial charge in [-0.05, 0) is 74.7 Å². The van der Waals surface area contributed by atoms with Gasteiger partial charge in [0, 0.05) is 17.3 Å². The van der Waals surface area contributed by atoms with Crippen molar-refractivity contribution in [2.75, 3.05) is 5.32 Å². The summed E-state index contributed by atoms with van der Waals surface area (Å²) in [4.78, 5) is 0. The molecule has 0 spiro atoms. The molecule has 4 saturated carbocycles. The normalized spacial score (nSPS) is 38.5. The van der Waals surface area contributed by atoms with Crippen LogP contribution in [0.25, 0.3) is 0 Å². The first kappa shape index (κ1) is 13.6. The maximum atomic E-state index is 9.53. The van der Waals surface area contributed by atoms with Crippen LogP contribution in [-0.4, -0.2) is 11.1 Å². The second-order valence-corrected chi connectivity index (χ2v) is 7.96. The molecule has 1 aromatic rings. The molecule has 1 unspecified atom stereocenters. The molecule has 4 aliphatic rings. The minimum Gasteiger partial charge on any atom is -0.392 e. The fourth-order valence-corrected chi connectivity index (χ4v) is 5.89. The van der Waals surface area contributed by atoms with Crippen molar-refractivity contribution in [2.45, 2.75) is 58.1 Å². The number of aliphatic hydroxyl groups is 1. The summed E-state index contributed by atoms with van der Waals surface area (Å²) in [7, 11) is 0. The highest BCUT2D eigenvalue weighted by Gasteiger charge is 2.53. The molecule has 4 aliphatic carbocycles. The molecule has 5 rings (SSSR count). The number of benzene rings is 1. The molecule has 4 fully saturated rings. The van der Waals surface area contributed by atoms with E-state index in [1.54, 1.807) is 0 Å². The zero-order valence-electron chi connectivity index (χ0n) is 13.0. The number of hydrogen-bond acceptors (Lipinski definition) is 2. The van der Waals surface area contributed by atoms with Gasteiger partial charge in [-0.2, -0.15) is 0 Å². The molecule has 1 atom stereocenters. The summed E-state index contributed by atoms with van der Waals surface area (Å²) in [6, 6.07) is 8.72. The zero-order chi connectivity index (χ0) is 14.4. The van der Waals surface area contributed by atoms with Crippen LogP contribution >= 0.6 is 0 Å². The number of hydrogen-bond donors (Lipinski definition) is 2. The van der Waals surface area contributed by atoms with Gasteiger partial charge in [-0.25, -0.2) is 0 Å². The molecule has 0 saturated heterocycles. The van der Waals surface area contributed by atoms with E-state index in [1.807, 2.05) is 12.1 Å². The molecule has 0 radical (unpaired) electrons. The van der Waals surface area contributed by atoms with E-state index in [9.17, 15) is 5.11 Å². The van der Waals surface area contributed by atoms with Crippen LogP contribution in [0.4, 0.5) is 5.69 Å². The van der Waals surface area contributed by atoms with Crippen LogP contribution in [0.3, 0.4) is 0 Å². The monoisotopic (exact) mass is 285 g/mol. The van der Waals surface area contributed by atoms with E-state index in [0.717, 1.165) is 29.0 Å². The molecule has 1 aromatic carbocycles. The summed E-state index contributed by atoms with van der Waals surface area (Å²) in [5, 5.41) is 13.3. The van der Waals surface area contributed by atoms with Crippen LogP contribution in [0, 0.1) is 23.2 Å². The van der Waals surface area contributed by atoms with Gasteiger partial charge >= 0.3 is 0 Å². The van der Waals surface area contributed by atoms with E-state index >= 15 is 0 Å². The van der Waals surface area contributed by atoms with E-state index in [2.05, 4.69) is 24.4 Å². The van der Waals surface area contributed by atoms with Crippen LogP contribution in [0.5, 0.6) is 0 Å². The van der Waals surface area contributed by atoms with Crippen LogP contribution in [0.2, 0.25) is 0 Å². The van der Waals surface area contributed by atoms with Crippen molar-refractivity contribution in [1.29, 1.82) is 0 Å². The van der Waals surface area contributed by atoms with Crippen molar-refractivity contribution in [3.05, 3.63) is 29.8 Å². The maximum Gasteiger partial charge on any atom is 0.0701 e. The average Bonchev–Trinajstić information content (AvgIpc) is 2.46. The Morgan fingerprint density at radius 2 is 1.67 bits per heavy atom. The Bertz CT molecular complexity index is 489. The topological polar surface area (TPSA) is 32.3 Å². The van der Waals surface area contributed by atoms with Crippen molar-refractivity contribution in [3.8, 4) is 0 Å². The molecule has 4 bridgehead atoms. The Hall–Kier alpha value is -1.02. The van der Waals surface area contributed by atoms with E-state index in [-0.39, 0.29) is 6.61 Å². The first-order valence-corrected chi connectivity index (χ1v) is 8.64. The standard InChI is InChI=1S/C19H27NO/c1-13(20-18-5-3-2-4-17(18)12-21)19-9-14-6-15(10-19)8-16(7-14)11-19/h2-5,13-16,20-21H,6-12H2,1H3. The highest BCUT2D eigenvalue weighted by molar-refractivity contribution is 5.51. The van der Waals surface area contributed by atoms with E-state index in [4.69, 9.17) is 0 Å². The Kier molecular flexibility index (Phi) is 3.25. The lowest BCUT2D eigenvalue weighted by molar-refractivity contribution is -0.0602. The fraction of sp³-hybridized carbons (Fsp3) is 0.684. The molecule has 0 amide bonds. The Labute approximate surface area is 128 Å². The molecule has 114 valence electrons. The smallest absolute Gasteiger partial charge is 0.0701 e. The van der Waals surface area contributed by atoms with Crippen LogP contribution in [-0.2, 0) is 6.61 Å². The number of nitrogens with one attached hydrogen (secondary N) is 1. The lowest BCUT2D eigenvalue weighted by Crippen LogP contribution is -2.52. The van der Waals surface area contributed by atoms with Gasteiger partial charge in [0.05, 0.1) is 6.61 Å². The summed E-state index contributed by atoms with van der Waals surface area (Å²) in [6.45, 7) is 2.50. The molecule has 0 heterocycles. The second kappa shape index (κ2) is 5.01. The third kappa shape index (κ3) is 2.28. The largest absolute Gasteiger partial charge is 0.392 e. The quantitative estimate of drug-likeness (QED) is 0.869. The predicted molar refractivity (Wildman–Crippen MR) is 86.1 cm³/mol. The van der Waals surface area contributed by atoms with Crippen molar-refractivity contribution in [2.24, 2.45) is 23.2 Å². The van der Waals surface area contributed by atoms with Gasteiger partial charge in [0.2, 0.25) is 0 Å². The van der Waals surface area contributed by atoms with Crippen molar-refractivity contribution in [1.82, 2.24) is 0 Å². The lowest BCUT2D eigenvalue weighted by atomic mass is 9.48. The minimum absolute atomic E-state index is 0.122. The predicted octanol–water partition coefficient (Wildman–Crippen LogP) is 4.20. The van der Waals surface area contributed by atoms with Gasteiger partial charge < -0.3 is 10.4 Å². The fourth-order valence-electron chi connectivity index (χ4n) is 5.89. The second-order valence-electron chi connectivity index (χ2n) is 7.96. The lowest BCUT2D eigenvalue weighted by Gasteiger charge is -2.59. The first-order valence-electron chi connectivity index (χ1n) is 8.64. The van der Waals surface area contributed by atoms with Gasteiger partial charge in [-0.1, -0.05) is 18.2 Å². The SMILES string of the molecule is CC(Nc1ccccc1CO)C12CC3CC(CC(C3)C1)C2. The average molecular weight is 285 g/mol. The molecule has 2 nitrogen and oxygen atoms in total. The molecule has 0 aromatic heterocycles. The highest BCUT2D eigenvalue weighted by atomic mass is 16.3. The summed E-state index contributed by atoms with van der Waals surface area (Å²) in [6.07, 6.45) is 8.77. The molecular weight excluding hydrogens is 258 g/mol. The van der Waals surface area contributed by atoms with Crippen LogP contribution < -0.4 is 5.32 Å². The van der Waals surface area contributed by atoms with E-state index in [1.165, 1.54) is 38.5 Å². The van der Waals surface area contributed by atoms with Gasteiger partial charge in [0.15, 0.2) is 0 Å². The summed E-state index contributed by atoms with van der Waals surface area (Å²) in [5.74, 6) is 2.98. The maximum absolute atomic E-state index is 9.53. The molecule has 2 N–H and O–H groups in total. The third-order valence-corrected chi connectivity index (χ3v) is 6.56. The van der Waals surface area contributed by atoms with Gasteiger partial charge in [0.1, 0.15) is 0 Å². The van der Waals surface area contributed by atoms with Crippen molar-refractivity contribution in [3.63, 3.8) is 0 Å². The Morgan fingerprint density at radius 3 is 2.24 bits per heavy atom. The zero-order valence-corrected chi connectivity index (χ0v) is 13.0. The molecule has 2 heteroatoms. The highest BCUT2D eigenvalue weighted by Crippen LogP contribution is 2.61. The Morgan fingerprint density at radius 1 is 1.10 bits per heavy atom. The van der Waals surface area contributed by atoms with Crippen molar-refractivity contribution < 1.29 is 5.11 Å². The number of rotatable bonds is 4. The summed E-state index contributed by atoms with van der Waals surface area (Å²) >= 11 is 0. The van der Waals surface area contributed by atoms with Gasteiger partial charge in [-0.15, -0.1) is 0 Å². The minimum atomic E-state index is 0.122. The van der Waals surface area contributed by atoms with Crippen LogP contribution in [0.1, 0.15) is 51.0 Å². The molecule has 21 heavy (non-hydrogen) atoms. The molecular formula is C19H27NO. The summed E-state index contributed by atoms with van der Waals surface area (Å²) < 4.78 is 0. The van der Waals surface area contributed by atoms with Crippen molar-refractivity contribution >= 4 is 5.69 Å². The van der Waals surface area contributed by atoms with Gasteiger partial charge in [0.25, 0.3) is 0 Å². The van der Waals surface area contributed by atoms with E-state index in [0.29, 0.717) is 11.5 Å². The van der Waals surface area contributed by atoms with E-state index < -0.39 is 0 Å². The van der Waals surface area contributed by atoms with Gasteiger partial charge in [-0.3, -0.25) is 0 Å². The third-order valence-electron chi connectivity index (χ3n) is 6.56. The molecule has 0 aliphatic heterocycles. The Balaban J connectivity index is 1.56. The number of anilines is 1. The first-order chi connectivity index (χ1) is 10.2. The number of aliphatic hydroxyl groups excluding tert-OH is 1. The number of para-hydroxylation sites is 1.